The minimum atomic E-state index is -0.169. The van der Waals surface area contributed by atoms with Crippen LogP contribution in [0.15, 0.2) is 24.3 Å². The number of hydrogen-bond donors (Lipinski definition) is 1. The van der Waals surface area contributed by atoms with E-state index in [1.807, 2.05) is 12.1 Å². The lowest BCUT2D eigenvalue weighted by atomic mass is 9.93. The van der Waals surface area contributed by atoms with Crippen molar-refractivity contribution in [2.24, 2.45) is 0 Å². The van der Waals surface area contributed by atoms with Gasteiger partial charge in [-0.05, 0) is 46.7 Å². The van der Waals surface area contributed by atoms with E-state index in [-0.39, 0.29) is 17.7 Å². The van der Waals surface area contributed by atoms with Gasteiger partial charge in [0.1, 0.15) is 5.75 Å². The fourth-order valence-corrected chi connectivity index (χ4v) is 2.24. The molecule has 0 heterocycles. The standard InChI is InChI=1S/C17H29NO2/c1-7-18-15(12-17(4,5)19-6)14-10-8-9-11-16(14)20-13(2)3/h8-11,13,15,18H,7,12H2,1-6H3. The highest BCUT2D eigenvalue weighted by Gasteiger charge is 2.25. The molecule has 0 radical (unpaired) electrons. The second kappa shape index (κ2) is 7.65. The summed E-state index contributed by atoms with van der Waals surface area (Å²) < 4.78 is 11.5. The van der Waals surface area contributed by atoms with Gasteiger partial charge in [-0.15, -0.1) is 0 Å². The van der Waals surface area contributed by atoms with Gasteiger partial charge in [-0.3, -0.25) is 0 Å². The summed E-state index contributed by atoms with van der Waals surface area (Å²) in [5, 5.41) is 3.54. The van der Waals surface area contributed by atoms with Crippen LogP contribution in [0.25, 0.3) is 0 Å². The molecule has 0 fully saturated rings. The molecule has 1 aromatic rings. The fourth-order valence-electron chi connectivity index (χ4n) is 2.24. The normalized spacial score (nSPS) is 13.6. The van der Waals surface area contributed by atoms with Gasteiger partial charge in [0.05, 0.1) is 11.7 Å². The summed E-state index contributed by atoms with van der Waals surface area (Å²) in [6.07, 6.45) is 1.07. The molecule has 3 heteroatoms. The highest BCUT2D eigenvalue weighted by molar-refractivity contribution is 5.36. The molecule has 114 valence electrons. The number of para-hydroxylation sites is 1. The summed E-state index contributed by atoms with van der Waals surface area (Å²) >= 11 is 0. The average Bonchev–Trinajstić information content (AvgIpc) is 2.38. The molecule has 0 aliphatic carbocycles. The molecule has 0 amide bonds. The summed E-state index contributed by atoms with van der Waals surface area (Å²) in [5.74, 6) is 0.959. The second-order valence-electron chi connectivity index (χ2n) is 5.98. The lowest BCUT2D eigenvalue weighted by Gasteiger charge is -2.30. The zero-order valence-corrected chi connectivity index (χ0v) is 13.7. The van der Waals surface area contributed by atoms with Crippen LogP contribution in [0.2, 0.25) is 0 Å². The summed E-state index contributed by atoms with van der Waals surface area (Å²) in [6, 6.07) is 8.49. The Balaban J connectivity index is 3.02. The van der Waals surface area contributed by atoms with Gasteiger partial charge in [-0.2, -0.15) is 0 Å². The predicted octanol–water partition coefficient (Wildman–Crippen LogP) is 3.94. The summed E-state index contributed by atoms with van der Waals surface area (Å²) in [5.41, 5.74) is 1.03. The van der Waals surface area contributed by atoms with E-state index in [1.54, 1.807) is 7.11 Å². The molecule has 0 saturated heterocycles. The molecule has 0 spiro atoms. The van der Waals surface area contributed by atoms with Gasteiger partial charge >= 0.3 is 0 Å². The Morgan fingerprint density at radius 1 is 1.20 bits per heavy atom. The van der Waals surface area contributed by atoms with E-state index in [0.717, 1.165) is 18.7 Å². The van der Waals surface area contributed by atoms with Crippen molar-refractivity contribution >= 4 is 0 Å². The van der Waals surface area contributed by atoms with Crippen molar-refractivity contribution in [2.45, 2.75) is 58.8 Å². The van der Waals surface area contributed by atoms with Crippen LogP contribution in [-0.2, 0) is 4.74 Å². The van der Waals surface area contributed by atoms with Crippen LogP contribution < -0.4 is 10.1 Å². The van der Waals surface area contributed by atoms with Crippen molar-refractivity contribution in [3.05, 3.63) is 29.8 Å². The van der Waals surface area contributed by atoms with Gasteiger partial charge in [-0.25, -0.2) is 0 Å². The molecule has 1 rings (SSSR count). The number of benzene rings is 1. The van der Waals surface area contributed by atoms with E-state index in [9.17, 15) is 0 Å². The smallest absolute Gasteiger partial charge is 0.124 e. The molecule has 20 heavy (non-hydrogen) atoms. The first kappa shape index (κ1) is 17.0. The third kappa shape index (κ3) is 5.14. The summed E-state index contributed by atoms with van der Waals surface area (Å²) in [4.78, 5) is 0. The van der Waals surface area contributed by atoms with Crippen LogP contribution in [0.4, 0.5) is 0 Å². The Hall–Kier alpha value is -1.06. The minimum Gasteiger partial charge on any atom is -0.491 e. The van der Waals surface area contributed by atoms with Crippen molar-refractivity contribution in [1.29, 1.82) is 0 Å². The monoisotopic (exact) mass is 279 g/mol. The Labute approximate surface area is 123 Å². The van der Waals surface area contributed by atoms with E-state index < -0.39 is 0 Å². The number of ether oxygens (including phenoxy) is 2. The SMILES string of the molecule is CCNC(CC(C)(C)OC)c1ccccc1OC(C)C. The molecule has 0 aromatic heterocycles. The van der Waals surface area contributed by atoms with Crippen LogP contribution in [0.3, 0.4) is 0 Å². The van der Waals surface area contributed by atoms with Crippen LogP contribution >= 0.6 is 0 Å². The number of nitrogens with one attached hydrogen (secondary N) is 1. The van der Waals surface area contributed by atoms with Gasteiger partial charge < -0.3 is 14.8 Å². The van der Waals surface area contributed by atoms with Gasteiger partial charge in [0.25, 0.3) is 0 Å². The Morgan fingerprint density at radius 2 is 1.85 bits per heavy atom. The molecule has 0 aliphatic heterocycles. The van der Waals surface area contributed by atoms with Gasteiger partial charge in [-0.1, -0.05) is 25.1 Å². The van der Waals surface area contributed by atoms with E-state index >= 15 is 0 Å². The van der Waals surface area contributed by atoms with Gasteiger partial charge in [0.2, 0.25) is 0 Å². The van der Waals surface area contributed by atoms with Gasteiger partial charge in [0, 0.05) is 18.7 Å². The highest BCUT2D eigenvalue weighted by Crippen LogP contribution is 2.32. The third-order valence-electron chi connectivity index (χ3n) is 3.36. The second-order valence-corrected chi connectivity index (χ2v) is 5.98. The van der Waals surface area contributed by atoms with E-state index in [1.165, 1.54) is 5.56 Å². The lowest BCUT2D eigenvalue weighted by Crippen LogP contribution is -2.32. The fraction of sp³-hybridized carbons (Fsp3) is 0.647. The first-order valence-corrected chi connectivity index (χ1v) is 7.43. The Morgan fingerprint density at radius 3 is 2.40 bits per heavy atom. The van der Waals surface area contributed by atoms with Crippen LogP contribution in [0, 0.1) is 0 Å². The van der Waals surface area contributed by atoms with Crippen molar-refractivity contribution in [3.8, 4) is 5.75 Å². The van der Waals surface area contributed by atoms with Crippen LogP contribution in [0.1, 0.15) is 52.6 Å². The number of hydrogen-bond acceptors (Lipinski definition) is 3. The largest absolute Gasteiger partial charge is 0.491 e. The molecule has 1 aromatic carbocycles. The highest BCUT2D eigenvalue weighted by atomic mass is 16.5. The maximum atomic E-state index is 5.94. The Kier molecular flexibility index (Phi) is 6.50. The number of methoxy groups -OCH3 is 1. The molecule has 0 bridgehead atoms. The number of rotatable bonds is 8. The van der Waals surface area contributed by atoms with Crippen molar-refractivity contribution < 1.29 is 9.47 Å². The van der Waals surface area contributed by atoms with Crippen LogP contribution in [0.5, 0.6) is 5.75 Å². The maximum Gasteiger partial charge on any atom is 0.124 e. The zero-order valence-electron chi connectivity index (χ0n) is 13.7. The molecule has 1 atom stereocenters. The van der Waals surface area contributed by atoms with E-state index in [2.05, 4.69) is 52.1 Å². The predicted molar refractivity (Wildman–Crippen MR) is 84.3 cm³/mol. The maximum absolute atomic E-state index is 5.94. The molecule has 1 unspecified atom stereocenters. The molecular formula is C17H29NO2. The molecule has 3 nitrogen and oxygen atoms in total. The topological polar surface area (TPSA) is 30.5 Å². The summed E-state index contributed by atoms with van der Waals surface area (Å²) in [7, 11) is 1.76. The molecular weight excluding hydrogens is 250 g/mol. The van der Waals surface area contributed by atoms with Gasteiger partial charge in [0.15, 0.2) is 0 Å². The molecule has 1 N–H and O–H groups in total. The van der Waals surface area contributed by atoms with Crippen LogP contribution in [-0.4, -0.2) is 25.4 Å². The van der Waals surface area contributed by atoms with Crippen molar-refractivity contribution in [1.82, 2.24) is 5.32 Å². The van der Waals surface area contributed by atoms with E-state index in [0.29, 0.717) is 0 Å². The lowest BCUT2D eigenvalue weighted by molar-refractivity contribution is 0.00672. The Bertz CT molecular complexity index is 402. The zero-order chi connectivity index (χ0) is 15.2. The first-order valence-electron chi connectivity index (χ1n) is 7.43. The van der Waals surface area contributed by atoms with Crippen molar-refractivity contribution in [3.63, 3.8) is 0 Å². The third-order valence-corrected chi connectivity index (χ3v) is 3.36. The van der Waals surface area contributed by atoms with Crippen molar-refractivity contribution in [2.75, 3.05) is 13.7 Å². The van der Waals surface area contributed by atoms with E-state index in [4.69, 9.17) is 9.47 Å². The minimum absolute atomic E-state index is 0.169. The first-order chi connectivity index (χ1) is 9.39. The molecule has 0 saturated carbocycles. The quantitative estimate of drug-likeness (QED) is 0.782. The summed E-state index contributed by atoms with van der Waals surface area (Å²) in [6.45, 7) is 11.4. The molecule has 0 aliphatic rings. The average molecular weight is 279 g/mol.